The van der Waals surface area contributed by atoms with Crippen LogP contribution in [0.5, 0.6) is 5.75 Å². The van der Waals surface area contributed by atoms with Gasteiger partial charge in [-0.25, -0.2) is 4.98 Å². The average Bonchev–Trinajstić information content (AvgIpc) is 2.93. The molecule has 0 unspecified atom stereocenters. The van der Waals surface area contributed by atoms with Crippen molar-refractivity contribution in [2.24, 2.45) is 0 Å². The summed E-state index contributed by atoms with van der Waals surface area (Å²) in [6, 6.07) is 2.33. The molecule has 0 amide bonds. The van der Waals surface area contributed by atoms with Crippen molar-refractivity contribution < 1.29 is 27.2 Å². The minimum Gasteiger partial charge on any atom is -0.504 e. The van der Waals surface area contributed by atoms with Crippen molar-refractivity contribution in [2.75, 3.05) is 0 Å². The van der Waals surface area contributed by atoms with Gasteiger partial charge in [0.15, 0.2) is 0 Å². The van der Waals surface area contributed by atoms with E-state index in [4.69, 9.17) is 8.92 Å². The lowest BCUT2D eigenvalue weighted by Gasteiger charge is -2.42. The Bertz CT molecular complexity index is 918. The van der Waals surface area contributed by atoms with Crippen molar-refractivity contribution >= 4 is 72.8 Å². The summed E-state index contributed by atoms with van der Waals surface area (Å²) in [5.74, 6) is 0.0795. The number of aliphatic hydroxyl groups is 1. The van der Waals surface area contributed by atoms with Gasteiger partial charge in [0.05, 0.1) is 43.1 Å². The van der Waals surface area contributed by atoms with Crippen LogP contribution in [0.2, 0.25) is 0 Å². The van der Waals surface area contributed by atoms with Gasteiger partial charge in [0.25, 0.3) is 0 Å². The second-order valence-corrected chi connectivity index (χ2v) is 10.2. The van der Waals surface area contributed by atoms with Gasteiger partial charge in [-0.15, -0.1) is 0 Å². The first kappa shape index (κ1) is 23.2. The highest BCUT2D eigenvalue weighted by Crippen LogP contribution is 2.45. The number of ether oxygens (including phenoxy) is 1. The molecule has 1 heterocycles. The molecule has 154 valence electrons. The Morgan fingerprint density at radius 3 is 2.38 bits per heavy atom. The van der Waals surface area contributed by atoms with Crippen molar-refractivity contribution in [1.29, 1.82) is 0 Å². The monoisotopic (exact) mass is 536 g/mol. The van der Waals surface area contributed by atoms with E-state index in [2.05, 4.69) is 4.98 Å². The number of alkyl halides is 3. The average molecular weight is 536 g/mol. The number of benzene rings is 1. The SMILES string of the molecule is BC(B)(OSI)C(B)(B)Oc1cc(C(F)(F)F)c2c(c1)ncn2[C@H]1C[C@@](C)(O)C1. The van der Waals surface area contributed by atoms with Gasteiger partial charge in [0.1, 0.15) is 37.1 Å². The molecule has 29 heavy (non-hydrogen) atoms. The lowest BCUT2D eigenvalue weighted by atomic mass is 9.42. The number of hydrogen-bond acceptors (Lipinski definition) is 5. The second kappa shape index (κ2) is 7.59. The second-order valence-electron chi connectivity index (χ2n) is 8.82. The molecule has 1 aliphatic carbocycles. The van der Waals surface area contributed by atoms with Crippen molar-refractivity contribution in [3.05, 3.63) is 24.0 Å². The molecule has 1 aromatic carbocycles. The predicted molar refractivity (Wildman–Crippen MR) is 127 cm³/mol. The fourth-order valence-electron chi connectivity index (χ4n) is 3.45. The third-order valence-corrected chi connectivity index (χ3v) is 6.77. The van der Waals surface area contributed by atoms with Gasteiger partial charge < -0.3 is 18.6 Å². The van der Waals surface area contributed by atoms with E-state index < -0.39 is 28.1 Å². The van der Waals surface area contributed by atoms with Crippen LogP contribution in [-0.4, -0.2) is 62.4 Å². The lowest BCUT2D eigenvalue weighted by Crippen LogP contribution is -2.61. The van der Waals surface area contributed by atoms with Crippen molar-refractivity contribution in [3.63, 3.8) is 0 Å². The van der Waals surface area contributed by atoms with Gasteiger partial charge in [0.2, 0.25) is 0 Å². The summed E-state index contributed by atoms with van der Waals surface area (Å²) in [7, 11) is 8.32. The van der Waals surface area contributed by atoms with Gasteiger partial charge in [-0.05, 0) is 25.8 Å². The van der Waals surface area contributed by atoms with Gasteiger partial charge in [-0.2, -0.15) is 13.2 Å². The molecular formula is C15H20B4F3IN2O3S. The summed E-state index contributed by atoms with van der Waals surface area (Å²) >= 11 is 1.99. The highest BCUT2D eigenvalue weighted by atomic mass is 127. The third kappa shape index (κ3) is 4.59. The normalized spacial score (nSPS) is 23.2. The highest BCUT2D eigenvalue weighted by Gasteiger charge is 2.43. The largest absolute Gasteiger partial charge is 0.504 e. The Hall–Kier alpha value is -0.460. The van der Waals surface area contributed by atoms with Crippen LogP contribution < -0.4 is 4.74 Å². The summed E-state index contributed by atoms with van der Waals surface area (Å²) < 4.78 is 54.9. The molecule has 3 rings (SSSR count). The molecule has 1 fully saturated rings. The number of imidazole rings is 1. The predicted octanol–water partition coefficient (Wildman–Crippen LogP) is 0.375. The van der Waals surface area contributed by atoms with Gasteiger partial charge in [0, 0.05) is 38.7 Å². The Morgan fingerprint density at radius 2 is 1.86 bits per heavy atom. The maximum atomic E-state index is 13.9. The zero-order chi connectivity index (χ0) is 21.8. The molecule has 2 aromatic rings. The van der Waals surface area contributed by atoms with E-state index in [0.717, 1.165) is 15.3 Å². The number of nitrogens with zero attached hydrogens (tertiary/aromatic N) is 2. The number of aromatic nitrogens is 2. The standard InChI is InChI=1S/C15H20B4F3IN2O3S/c1-12(26)4-7(5-12)25-6-24-10-3-8(2-9(11(10)25)13(20,21)22)27-14(16,17)15(18,19)28-29-23/h2-3,6-7,26H,4-5,16-19H2,1H3/t7-,12+. The molecule has 1 N–H and O–H groups in total. The number of hydrogen-bond donors (Lipinski definition) is 1. The summed E-state index contributed by atoms with van der Waals surface area (Å²) in [5.41, 5.74) is -1.43. The molecule has 0 aliphatic heterocycles. The molecule has 5 nitrogen and oxygen atoms in total. The van der Waals surface area contributed by atoms with E-state index in [0.29, 0.717) is 12.8 Å². The fraction of sp³-hybridized carbons (Fsp3) is 0.533. The Kier molecular flexibility index (Phi) is 6.08. The fourth-order valence-corrected chi connectivity index (χ4v) is 5.15. The molecule has 1 aromatic heterocycles. The first-order valence-electron chi connectivity index (χ1n) is 9.12. The van der Waals surface area contributed by atoms with Crippen molar-refractivity contribution in [1.82, 2.24) is 9.55 Å². The van der Waals surface area contributed by atoms with Crippen LogP contribution in [0.4, 0.5) is 13.2 Å². The third-order valence-electron chi connectivity index (χ3n) is 5.76. The van der Waals surface area contributed by atoms with Crippen LogP contribution in [0.3, 0.4) is 0 Å². The number of halogens is 4. The molecule has 1 saturated carbocycles. The van der Waals surface area contributed by atoms with E-state index in [1.807, 2.05) is 36.9 Å². The summed E-state index contributed by atoms with van der Waals surface area (Å²) in [6.07, 6.45) is -2.38. The number of rotatable bonds is 6. The Morgan fingerprint density at radius 1 is 1.24 bits per heavy atom. The van der Waals surface area contributed by atoms with Crippen LogP contribution >= 0.6 is 30.4 Å². The molecule has 0 spiro atoms. The van der Waals surface area contributed by atoms with E-state index in [-0.39, 0.29) is 22.8 Å². The van der Waals surface area contributed by atoms with Crippen LogP contribution in [0, 0.1) is 0 Å². The van der Waals surface area contributed by atoms with Crippen molar-refractivity contribution in [3.8, 4) is 5.75 Å². The maximum Gasteiger partial charge on any atom is 0.418 e. The molecule has 0 atom stereocenters. The van der Waals surface area contributed by atoms with E-state index in [1.165, 1.54) is 17.0 Å². The van der Waals surface area contributed by atoms with E-state index in [9.17, 15) is 18.3 Å². The summed E-state index contributed by atoms with van der Waals surface area (Å²) in [4.78, 5) is 4.20. The molecule has 0 saturated heterocycles. The Labute approximate surface area is 187 Å². The topological polar surface area (TPSA) is 56.5 Å². The lowest BCUT2D eigenvalue weighted by molar-refractivity contribution is -0.136. The number of fused-ring (bicyclic) bond motifs is 1. The first-order valence-corrected chi connectivity index (χ1v) is 12.4. The van der Waals surface area contributed by atoms with Crippen LogP contribution in [0.25, 0.3) is 11.0 Å². The van der Waals surface area contributed by atoms with Crippen LogP contribution in [0.15, 0.2) is 18.5 Å². The molecular weight excluding hydrogens is 515 g/mol. The van der Waals surface area contributed by atoms with E-state index in [1.54, 1.807) is 22.6 Å². The minimum absolute atomic E-state index is 0.0153. The Balaban J connectivity index is 2.04. The first-order chi connectivity index (χ1) is 13.2. The minimum atomic E-state index is -4.57. The molecule has 0 bridgehead atoms. The quantitative estimate of drug-likeness (QED) is 0.329. The smallest absolute Gasteiger partial charge is 0.418 e. The zero-order valence-corrected chi connectivity index (χ0v) is 19.8. The van der Waals surface area contributed by atoms with E-state index >= 15 is 0 Å². The zero-order valence-electron chi connectivity index (χ0n) is 16.8. The van der Waals surface area contributed by atoms with Crippen LogP contribution in [-0.2, 0) is 10.4 Å². The van der Waals surface area contributed by atoms with Crippen LogP contribution in [0.1, 0.15) is 31.4 Å². The van der Waals surface area contributed by atoms with Crippen molar-refractivity contribution in [2.45, 2.75) is 48.4 Å². The van der Waals surface area contributed by atoms with Gasteiger partial charge in [-0.1, -0.05) is 0 Å². The molecule has 14 heteroatoms. The molecule has 1 aliphatic rings. The summed E-state index contributed by atoms with van der Waals surface area (Å²) in [5, 5.41) is 8.32. The van der Waals surface area contributed by atoms with Gasteiger partial charge in [-0.3, -0.25) is 0 Å². The highest BCUT2D eigenvalue weighted by molar-refractivity contribution is 14.2. The van der Waals surface area contributed by atoms with Gasteiger partial charge >= 0.3 is 6.18 Å². The summed E-state index contributed by atoms with van der Waals surface area (Å²) in [6.45, 7) is 1.68. The maximum absolute atomic E-state index is 13.9. The molecule has 0 radical (unpaired) electrons.